The number of ether oxygens (including phenoxy) is 1. The fraction of sp³-hybridized carbons (Fsp3) is 0.625. The van der Waals surface area contributed by atoms with E-state index in [4.69, 9.17) is 4.74 Å². The molecule has 1 fully saturated rings. The minimum absolute atomic E-state index is 0.199. The van der Waals surface area contributed by atoms with Gasteiger partial charge in [0.15, 0.2) is 0 Å². The summed E-state index contributed by atoms with van der Waals surface area (Å²) in [6.45, 7) is 7.28. The van der Waals surface area contributed by atoms with Gasteiger partial charge in [0.1, 0.15) is 5.60 Å². The Kier molecular flexibility index (Phi) is 4.70. The van der Waals surface area contributed by atoms with E-state index in [-0.39, 0.29) is 12.1 Å². The lowest BCUT2D eigenvalue weighted by Crippen LogP contribution is -2.44. The number of likely N-dealkylation sites (tertiary alicyclic amines) is 1. The lowest BCUT2D eigenvalue weighted by molar-refractivity contribution is 0.0232. The summed E-state index contributed by atoms with van der Waals surface area (Å²) in [5, 5.41) is 0. The zero-order valence-corrected chi connectivity index (χ0v) is 13.4. The highest BCUT2D eigenvalue weighted by Crippen LogP contribution is 2.22. The zero-order chi connectivity index (χ0) is 15.5. The Bertz CT molecular complexity index is 470. The Balaban J connectivity index is 1.97. The maximum atomic E-state index is 12.3. The van der Waals surface area contributed by atoms with E-state index in [2.05, 4.69) is 9.88 Å². The molecule has 5 nitrogen and oxygen atoms in total. The van der Waals surface area contributed by atoms with Gasteiger partial charge >= 0.3 is 6.09 Å². The molecule has 0 spiro atoms. The maximum absolute atomic E-state index is 12.3. The minimum atomic E-state index is -0.445. The number of carbonyl (C=O) groups excluding carboxylic acids is 1. The summed E-state index contributed by atoms with van der Waals surface area (Å²) in [5.41, 5.74) is 0.618. The Labute approximate surface area is 126 Å². The summed E-state index contributed by atoms with van der Waals surface area (Å²) in [6.07, 6.45) is 5.45. The van der Waals surface area contributed by atoms with Crippen molar-refractivity contribution < 1.29 is 9.53 Å². The van der Waals surface area contributed by atoms with E-state index in [0.717, 1.165) is 31.6 Å². The van der Waals surface area contributed by atoms with Gasteiger partial charge in [-0.3, -0.25) is 4.98 Å². The van der Waals surface area contributed by atoms with Gasteiger partial charge in [0.05, 0.1) is 17.9 Å². The van der Waals surface area contributed by atoms with Crippen LogP contribution in [0, 0.1) is 0 Å². The molecule has 1 atom stereocenters. The number of likely N-dealkylation sites (N-methyl/N-ethyl adjacent to an activating group) is 1. The summed E-state index contributed by atoms with van der Waals surface area (Å²) in [6, 6.07) is 4.15. The summed E-state index contributed by atoms with van der Waals surface area (Å²) in [7, 11) is 2.03. The van der Waals surface area contributed by atoms with E-state index in [0.29, 0.717) is 0 Å². The lowest BCUT2D eigenvalue weighted by atomic mass is 10.2. The van der Waals surface area contributed by atoms with Crippen molar-refractivity contribution >= 4 is 11.8 Å². The second-order valence-corrected chi connectivity index (χ2v) is 6.56. The molecule has 1 aliphatic rings. The molecule has 1 aromatic heterocycles. The Hall–Kier alpha value is -1.78. The Morgan fingerprint density at radius 2 is 2.29 bits per heavy atom. The number of rotatable bonds is 3. The second kappa shape index (κ2) is 6.33. The summed E-state index contributed by atoms with van der Waals surface area (Å²) >= 11 is 0. The quantitative estimate of drug-likeness (QED) is 0.859. The predicted molar refractivity (Wildman–Crippen MR) is 83.5 cm³/mol. The predicted octanol–water partition coefficient (Wildman–Crippen LogP) is 2.92. The van der Waals surface area contributed by atoms with Crippen molar-refractivity contribution in [2.75, 3.05) is 25.0 Å². The van der Waals surface area contributed by atoms with Crippen LogP contribution in [0.2, 0.25) is 0 Å². The van der Waals surface area contributed by atoms with Crippen molar-refractivity contribution in [2.24, 2.45) is 0 Å². The molecule has 0 radical (unpaired) electrons. The van der Waals surface area contributed by atoms with Gasteiger partial charge in [-0.15, -0.1) is 0 Å². The molecule has 2 rings (SSSR count). The average Bonchev–Trinajstić information content (AvgIpc) is 2.86. The average molecular weight is 291 g/mol. The van der Waals surface area contributed by atoms with Crippen LogP contribution in [0.5, 0.6) is 0 Å². The second-order valence-electron chi connectivity index (χ2n) is 6.56. The molecule has 0 aliphatic carbocycles. The Morgan fingerprint density at radius 3 is 2.90 bits per heavy atom. The molecule has 0 bridgehead atoms. The number of aromatic nitrogens is 1. The summed E-state index contributed by atoms with van der Waals surface area (Å²) in [5.74, 6) is 0. The van der Waals surface area contributed by atoms with Gasteiger partial charge in [-0.05, 0) is 45.7 Å². The van der Waals surface area contributed by atoms with Crippen molar-refractivity contribution in [1.29, 1.82) is 0 Å². The number of pyridine rings is 1. The highest BCUT2D eigenvalue weighted by atomic mass is 16.6. The third-order valence-electron chi connectivity index (χ3n) is 3.58. The van der Waals surface area contributed by atoms with Crippen LogP contribution in [-0.4, -0.2) is 47.8 Å². The van der Waals surface area contributed by atoms with E-state index in [9.17, 15) is 4.79 Å². The number of carbonyl (C=O) groups is 1. The summed E-state index contributed by atoms with van der Waals surface area (Å²) < 4.78 is 5.50. The molecule has 0 unspecified atom stereocenters. The van der Waals surface area contributed by atoms with E-state index in [1.54, 1.807) is 6.20 Å². The molecule has 0 N–H and O–H groups in total. The van der Waals surface area contributed by atoms with E-state index >= 15 is 0 Å². The minimum Gasteiger partial charge on any atom is -0.444 e. The monoisotopic (exact) mass is 291 g/mol. The fourth-order valence-corrected chi connectivity index (χ4v) is 2.59. The van der Waals surface area contributed by atoms with Crippen LogP contribution in [0.4, 0.5) is 10.5 Å². The van der Waals surface area contributed by atoms with Crippen molar-refractivity contribution in [3.63, 3.8) is 0 Å². The number of nitrogens with zero attached hydrogens (tertiary/aromatic N) is 3. The first kappa shape index (κ1) is 15.6. The standard InChI is InChI=1S/C16H25N3O2/c1-16(2,3)21-15(20)19-10-6-8-14(19)12-18(4)13-7-5-9-17-11-13/h5,7,9,11,14H,6,8,10,12H2,1-4H3/t14-/m1/s1. The van der Waals surface area contributed by atoms with E-state index in [1.807, 2.05) is 51.0 Å². The maximum Gasteiger partial charge on any atom is 0.410 e. The molecule has 21 heavy (non-hydrogen) atoms. The van der Waals surface area contributed by atoms with Crippen molar-refractivity contribution in [3.8, 4) is 0 Å². The molecule has 5 heteroatoms. The lowest BCUT2D eigenvalue weighted by Gasteiger charge is -2.31. The molecular formula is C16H25N3O2. The van der Waals surface area contributed by atoms with Crippen molar-refractivity contribution in [1.82, 2.24) is 9.88 Å². The third kappa shape index (κ3) is 4.34. The smallest absolute Gasteiger partial charge is 0.410 e. The zero-order valence-electron chi connectivity index (χ0n) is 13.4. The molecule has 1 saturated heterocycles. The van der Waals surface area contributed by atoms with Crippen LogP contribution in [0.25, 0.3) is 0 Å². The third-order valence-corrected chi connectivity index (χ3v) is 3.58. The van der Waals surface area contributed by atoms with E-state index < -0.39 is 5.60 Å². The molecule has 0 aromatic carbocycles. The molecule has 1 aliphatic heterocycles. The van der Waals surface area contributed by atoms with Crippen LogP contribution in [-0.2, 0) is 4.74 Å². The van der Waals surface area contributed by atoms with Crippen LogP contribution in [0.3, 0.4) is 0 Å². The number of amides is 1. The first-order valence-electron chi connectivity index (χ1n) is 7.47. The number of hydrogen-bond acceptors (Lipinski definition) is 4. The molecule has 1 aromatic rings. The first-order chi connectivity index (χ1) is 9.87. The first-order valence-corrected chi connectivity index (χ1v) is 7.47. The highest BCUT2D eigenvalue weighted by Gasteiger charge is 2.32. The normalized spacial score (nSPS) is 18.7. The van der Waals surface area contributed by atoms with Crippen molar-refractivity contribution in [3.05, 3.63) is 24.5 Å². The molecule has 0 saturated carbocycles. The van der Waals surface area contributed by atoms with Gasteiger partial charge < -0.3 is 14.5 Å². The van der Waals surface area contributed by atoms with Gasteiger partial charge in [0, 0.05) is 26.3 Å². The topological polar surface area (TPSA) is 45.7 Å². The van der Waals surface area contributed by atoms with Crippen LogP contribution in [0.15, 0.2) is 24.5 Å². The van der Waals surface area contributed by atoms with Crippen molar-refractivity contribution in [2.45, 2.75) is 45.3 Å². The number of hydrogen-bond donors (Lipinski definition) is 0. The Morgan fingerprint density at radius 1 is 1.52 bits per heavy atom. The number of anilines is 1. The van der Waals surface area contributed by atoms with Gasteiger partial charge in [-0.25, -0.2) is 4.79 Å². The SMILES string of the molecule is CN(C[C@H]1CCCN1C(=O)OC(C)(C)C)c1cccnc1. The van der Waals surface area contributed by atoms with Gasteiger partial charge in [-0.2, -0.15) is 0 Å². The van der Waals surface area contributed by atoms with Gasteiger partial charge in [0.2, 0.25) is 0 Å². The molecular weight excluding hydrogens is 266 g/mol. The molecule has 2 heterocycles. The van der Waals surface area contributed by atoms with E-state index in [1.165, 1.54) is 0 Å². The fourth-order valence-electron chi connectivity index (χ4n) is 2.59. The van der Waals surface area contributed by atoms with Crippen LogP contribution < -0.4 is 4.90 Å². The van der Waals surface area contributed by atoms with Crippen LogP contribution >= 0.6 is 0 Å². The van der Waals surface area contributed by atoms with Gasteiger partial charge in [0.25, 0.3) is 0 Å². The van der Waals surface area contributed by atoms with Gasteiger partial charge in [-0.1, -0.05) is 0 Å². The molecule has 116 valence electrons. The largest absolute Gasteiger partial charge is 0.444 e. The molecule has 1 amide bonds. The van der Waals surface area contributed by atoms with Crippen LogP contribution in [0.1, 0.15) is 33.6 Å². The highest BCUT2D eigenvalue weighted by molar-refractivity contribution is 5.69. The summed E-state index contributed by atoms with van der Waals surface area (Å²) in [4.78, 5) is 20.4.